The number of benzene rings is 1. The topological polar surface area (TPSA) is 0 Å². The van der Waals surface area contributed by atoms with Gasteiger partial charge in [-0.25, -0.2) is 0 Å². The molecule has 0 saturated heterocycles. The van der Waals surface area contributed by atoms with Crippen LogP contribution >= 0.6 is 0 Å². The molecule has 0 aromatic heterocycles. The van der Waals surface area contributed by atoms with Crippen LogP contribution in [0.15, 0.2) is 23.3 Å². The number of rotatable bonds is 7. The SMILES string of the molecule is CC(C)c1cc(C(C)C)c([Si](C2(C(C)(C)C)C(C(C)(C)C)=C2C(C)(C)C)([Si](C)(C)C)[Si](C)(C)C)c(C(C)C)c1. The van der Waals surface area contributed by atoms with Crippen LogP contribution in [0.2, 0.25) is 44.3 Å². The van der Waals surface area contributed by atoms with E-state index >= 15 is 0 Å². The molecule has 3 heteroatoms. The van der Waals surface area contributed by atoms with Gasteiger partial charge in [0.1, 0.15) is 0 Å². The first-order valence-corrected chi connectivity index (χ1v) is 27.0. The van der Waals surface area contributed by atoms with E-state index in [1.54, 1.807) is 16.7 Å². The molecule has 39 heavy (non-hydrogen) atoms. The van der Waals surface area contributed by atoms with Crippen molar-refractivity contribution in [3.8, 4) is 0 Å². The van der Waals surface area contributed by atoms with E-state index in [-0.39, 0.29) is 21.3 Å². The van der Waals surface area contributed by atoms with Crippen LogP contribution in [0.5, 0.6) is 0 Å². The zero-order valence-electron chi connectivity index (χ0n) is 30.4. The maximum Gasteiger partial charge on any atom is 0.0900 e. The van der Waals surface area contributed by atoms with Gasteiger partial charge in [0.25, 0.3) is 0 Å². The van der Waals surface area contributed by atoms with Crippen molar-refractivity contribution in [3.63, 3.8) is 0 Å². The molecule has 0 aliphatic heterocycles. The third-order valence-electron chi connectivity index (χ3n) is 9.88. The summed E-state index contributed by atoms with van der Waals surface area (Å²) in [6.07, 6.45) is 0. The van der Waals surface area contributed by atoms with E-state index in [2.05, 4.69) is 155 Å². The van der Waals surface area contributed by atoms with Crippen molar-refractivity contribution in [1.29, 1.82) is 0 Å². The second-order valence-electron chi connectivity index (χ2n) is 19.0. The predicted molar refractivity (Wildman–Crippen MR) is 189 cm³/mol. The molecular formula is C36H68Si3. The molecular weight excluding hydrogens is 517 g/mol. The van der Waals surface area contributed by atoms with Crippen molar-refractivity contribution in [2.45, 2.75) is 166 Å². The van der Waals surface area contributed by atoms with Gasteiger partial charge in [0.2, 0.25) is 0 Å². The van der Waals surface area contributed by atoms with Gasteiger partial charge < -0.3 is 0 Å². The van der Waals surface area contributed by atoms with Gasteiger partial charge in [0.15, 0.2) is 0 Å². The number of hydrogen-bond acceptors (Lipinski definition) is 0. The molecule has 0 heterocycles. The normalized spacial score (nSPS) is 17.6. The maximum absolute atomic E-state index is 2.80. The summed E-state index contributed by atoms with van der Waals surface area (Å²) in [4.78, 5) is 0. The fourth-order valence-corrected chi connectivity index (χ4v) is 63.9. The Balaban J connectivity index is 3.52. The van der Waals surface area contributed by atoms with Gasteiger partial charge >= 0.3 is 0 Å². The van der Waals surface area contributed by atoms with Gasteiger partial charge in [-0.1, -0.05) is 172 Å². The number of hydrogen-bond donors (Lipinski definition) is 0. The molecule has 2 rings (SSSR count). The van der Waals surface area contributed by atoms with Crippen molar-refractivity contribution in [1.82, 2.24) is 0 Å². The Morgan fingerprint density at radius 2 is 0.846 bits per heavy atom. The molecule has 0 bridgehead atoms. The van der Waals surface area contributed by atoms with E-state index < -0.39 is 22.3 Å². The van der Waals surface area contributed by atoms with Gasteiger partial charge in [-0.05, 0) is 50.7 Å². The van der Waals surface area contributed by atoms with Gasteiger partial charge in [-0.15, -0.1) is 0 Å². The minimum Gasteiger partial charge on any atom is -0.0713 e. The summed E-state index contributed by atoms with van der Waals surface area (Å²) in [5.74, 6) is 1.61. The summed E-state index contributed by atoms with van der Waals surface area (Å²) in [5.41, 5.74) is 9.16. The highest BCUT2D eigenvalue weighted by Crippen LogP contribution is 2.83. The molecule has 1 aliphatic rings. The molecule has 0 atom stereocenters. The first-order chi connectivity index (χ1) is 17.0. The lowest BCUT2D eigenvalue weighted by Crippen LogP contribution is -2.84. The van der Waals surface area contributed by atoms with Crippen molar-refractivity contribution in [2.75, 3.05) is 0 Å². The molecule has 0 fully saturated rings. The first kappa shape index (κ1) is 34.8. The zero-order chi connectivity index (χ0) is 31.1. The molecule has 0 unspecified atom stereocenters. The summed E-state index contributed by atoms with van der Waals surface area (Å²) in [7, 11) is -5.80. The second-order valence-corrected chi connectivity index (χ2v) is 45.8. The molecule has 0 N–H and O–H groups in total. The van der Waals surface area contributed by atoms with E-state index in [9.17, 15) is 0 Å². The molecule has 0 saturated carbocycles. The monoisotopic (exact) mass is 584 g/mol. The van der Waals surface area contributed by atoms with E-state index in [4.69, 9.17) is 0 Å². The van der Waals surface area contributed by atoms with Crippen LogP contribution in [-0.2, 0) is 0 Å². The molecule has 224 valence electrons. The molecule has 0 radical (unpaired) electrons. The highest BCUT2D eigenvalue weighted by Gasteiger charge is 2.81. The third-order valence-corrected chi connectivity index (χ3v) is 48.8. The molecule has 1 aromatic carbocycles. The Bertz CT molecular complexity index is 1030. The van der Waals surface area contributed by atoms with Crippen LogP contribution < -0.4 is 5.19 Å². The summed E-state index contributed by atoms with van der Waals surface area (Å²) >= 11 is 0. The van der Waals surface area contributed by atoms with Gasteiger partial charge in [-0.2, -0.15) is 0 Å². The lowest BCUT2D eigenvalue weighted by Gasteiger charge is -2.63. The fraction of sp³-hybridized carbons (Fsp3) is 0.778. The van der Waals surface area contributed by atoms with Crippen molar-refractivity contribution >= 4 is 27.5 Å². The van der Waals surface area contributed by atoms with Crippen molar-refractivity contribution in [3.05, 3.63) is 40.0 Å². The fourth-order valence-electron chi connectivity index (χ4n) is 9.42. The Kier molecular flexibility index (Phi) is 9.02. The Morgan fingerprint density at radius 3 is 1.03 bits per heavy atom. The standard InChI is InChI=1S/C36H68Si3/c1-24(2)27-22-28(25(3)4)30(29(23-27)26(5)6)39(37(16,17)18,38(19,20)21)36(35(13,14)15)31(33(7,8)9)32(36)34(10,11)12/h22-26H,1-21H3. The predicted octanol–water partition coefficient (Wildman–Crippen LogP) is 11.7. The first-order valence-electron chi connectivity index (χ1n) is 16.0. The minimum absolute atomic E-state index is 0.168. The maximum atomic E-state index is 2.80. The van der Waals surface area contributed by atoms with E-state index in [1.807, 2.05) is 16.3 Å². The van der Waals surface area contributed by atoms with E-state index in [0.717, 1.165) is 0 Å². The average Bonchev–Trinajstić information content (AvgIpc) is 3.38. The lowest BCUT2D eigenvalue weighted by molar-refractivity contribution is 0.325. The van der Waals surface area contributed by atoms with Gasteiger partial charge in [0, 0.05) is 20.2 Å². The largest absolute Gasteiger partial charge is 0.0900 e. The minimum atomic E-state index is -2.24. The highest BCUT2D eigenvalue weighted by molar-refractivity contribution is 7.74. The summed E-state index contributed by atoms with van der Waals surface area (Å²) in [5, 5.41) is 2.13. The zero-order valence-corrected chi connectivity index (χ0v) is 33.4. The van der Waals surface area contributed by atoms with Crippen LogP contribution in [-0.4, -0.2) is 22.3 Å². The summed E-state index contributed by atoms with van der Waals surface area (Å²) in [6.45, 7) is 54.6. The van der Waals surface area contributed by atoms with Crippen LogP contribution in [0.25, 0.3) is 0 Å². The molecule has 0 amide bonds. The Hall–Kier alpha value is -0.389. The highest BCUT2D eigenvalue weighted by atomic mass is 29.6. The Morgan fingerprint density at radius 1 is 0.538 bits per heavy atom. The van der Waals surface area contributed by atoms with Gasteiger partial charge in [0.05, 0.1) is 7.11 Å². The second kappa shape index (κ2) is 10.1. The average molecular weight is 585 g/mol. The quantitative estimate of drug-likeness (QED) is 0.221. The van der Waals surface area contributed by atoms with E-state index in [0.29, 0.717) is 17.8 Å². The molecule has 1 aromatic rings. The summed E-state index contributed by atoms with van der Waals surface area (Å²) in [6, 6.07) is 5.37. The van der Waals surface area contributed by atoms with Gasteiger partial charge in [-0.3, -0.25) is 0 Å². The lowest BCUT2D eigenvalue weighted by atomic mass is 9.77. The molecule has 1 aliphatic carbocycles. The van der Waals surface area contributed by atoms with Crippen LogP contribution in [0.1, 0.15) is 138 Å². The molecule has 0 spiro atoms. The van der Waals surface area contributed by atoms with Crippen LogP contribution in [0.3, 0.4) is 0 Å². The van der Waals surface area contributed by atoms with Crippen LogP contribution in [0, 0.1) is 16.2 Å². The van der Waals surface area contributed by atoms with E-state index in [1.165, 1.54) is 0 Å². The summed E-state index contributed by atoms with van der Waals surface area (Å²) < 4.78 is 0. The van der Waals surface area contributed by atoms with Crippen molar-refractivity contribution < 1.29 is 0 Å². The van der Waals surface area contributed by atoms with Crippen molar-refractivity contribution in [2.24, 2.45) is 16.2 Å². The smallest absolute Gasteiger partial charge is 0.0713 e. The molecule has 0 nitrogen and oxygen atoms in total. The third kappa shape index (κ3) is 5.22. The number of allylic oxidation sites excluding steroid dienone is 2. The Labute approximate surface area is 248 Å². The van der Waals surface area contributed by atoms with Crippen LogP contribution in [0.4, 0.5) is 0 Å².